The Morgan fingerprint density at radius 1 is 0.933 bits per heavy atom. The van der Waals surface area contributed by atoms with Gasteiger partial charge in [0, 0.05) is 0 Å². The predicted octanol–water partition coefficient (Wildman–Crippen LogP) is 4.22. The molecule has 76 valence electrons. The Balaban J connectivity index is 2.53. The summed E-state index contributed by atoms with van der Waals surface area (Å²) in [6, 6.07) is 17.3. The molecule has 0 radical (unpaired) electrons. The summed E-state index contributed by atoms with van der Waals surface area (Å²) in [5, 5.41) is 0. The van der Waals surface area contributed by atoms with Crippen LogP contribution < -0.4 is 0 Å². The summed E-state index contributed by atoms with van der Waals surface area (Å²) in [4.78, 5) is 0. The fourth-order valence-corrected chi connectivity index (χ4v) is 1.91. The molecule has 0 unspecified atom stereocenters. The minimum absolute atomic E-state index is 1.09. The van der Waals surface area contributed by atoms with Gasteiger partial charge in [-0.2, -0.15) is 0 Å². The zero-order chi connectivity index (χ0) is 10.7. The van der Waals surface area contributed by atoms with Gasteiger partial charge in [-0.3, -0.25) is 0 Å². The maximum absolute atomic E-state index is 2.28. The zero-order valence-electron chi connectivity index (χ0n) is 9.33. The largest absolute Gasteiger partial charge is 0.0622 e. The number of hydrogen-bond donors (Lipinski definition) is 0. The molecule has 0 spiro atoms. The lowest BCUT2D eigenvalue weighted by Gasteiger charge is -2.08. The normalized spacial score (nSPS) is 10.3. The second-order valence-electron chi connectivity index (χ2n) is 3.88. The van der Waals surface area contributed by atoms with Crippen LogP contribution in [-0.2, 0) is 6.42 Å². The summed E-state index contributed by atoms with van der Waals surface area (Å²) in [6.45, 7) is 4.36. The van der Waals surface area contributed by atoms with Gasteiger partial charge in [-0.15, -0.1) is 0 Å². The van der Waals surface area contributed by atoms with Crippen molar-refractivity contribution < 1.29 is 0 Å². The maximum Gasteiger partial charge on any atom is -0.0152 e. The average molecular weight is 196 g/mol. The number of aryl methyl sites for hydroxylation is 2. The van der Waals surface area contributed by atoms with E-state index in [4.69, 9.17) is 0 Å². The van der Waals surface area contributed by atoms with Gasteiger partial charge < -0.3 is 0 Å². The molecule has 0 amide bonds. The van der Waals surface area contributed by atoms with Crippen LogP contribution in [0.1, 0.15) is 18.1 Å². The molecule has 0 aliphatic heterocycles. The molecule has 0 aromatic heterocycles. The van der Waals surface area contributed by atoms with Crippen molar-refractivity contribution in [3.8, 4) is 11.1 Å². The van der Waals surface area contributed by atoms with Crippen molar-refractivity contribution in [1.29, 1.82) is 0 Å². The van der Waals surface area contributed by atoms with Crippen LogP contribution in [0.25, 0.3) is 11.1 Å². The lowest BCUT2D eigenvalue weighted by molar-refractivity contribution is 1.13. The molecule has 0 atom stereocenters. The lowest BCUT2D eigenvalue weighted by Crippen LogP contribution is -1.88. The van der Waals surface area contributed by atoms with E-state index < -0.39 is 0 Å². The molecule has 2 rings (SSSR count). The van der Waals surface area contributed by atoms with E-state index >= 15 is 0 Å². The first-order valence-electron chi connectivity index (χ1n) is 5.46. The van der Waals surface area contributed by atoms with Gasteiger partial charge in [-0.1, -0.05) is 61.0 Å². The van der Waals surface area contributed by atoms with Crippen molar-refractivity contribution in [2.45, 2.75) is 20.3 Å². The van der Waals surface area contributed by atoms with Crippen molar-refractivity contribution in [1.82, 2.24) is 0 Å². The van der Waals surface area contributed by atoms with Crippen molar-refractivity contribution >= 4 is 0 Å². The Morgan fingerprint density at radius 2 is 1.67 bits per heavy atom. The highest BCUT2D eigenvalue weighted by atomic mass is 14.1. The quantitative estimate of drug-likeness (QED) is 0.674. The standard InChI is InChI=1S/C15H16/c1-3-13-11-12(2)9-10-15(13)14-7-5-4-6-8-14/h4-11H,3H2,1-2H3. The van der Waals surface area contributed by atoms with Gasteiger partial charge >= 0.3 is 0 Å². The van der Waals surface area contributed by atoms with E-state index in [1.807, 2.05) is 0 Å². The fourth-order valence-electron chi connectivity index (χ4n) is 1.91. The molecule has 0 nitrogen and oxygen atoms in total. The van der Waals surface area contributed by atoms with Crippen molar-refractivity contribution in [3.05, 3.63) is 59.7 Å². The second kappa shape index (κ2) is 4.31. The van der Waals surface area contributed by atoms with Crippen molar-refractivity contribution in [3.63, 3.8) is 0 Å². The smallest absolute Gasteiger partial charge is 0.0152 e. The lowest BCUT2D eigenvalue weighted by atomic mass is 9.96. The minimum atomic E-state index is 1.09. The van der Waals surface area contributed by atoms with E-state index in [2.05, 4.69) is 62.4 Å². The molecule has 0 N–H and O–H groups in total. The number of hydrogen-bond acceptors (Lipinski definition) is 0. The third-order valence-corrected chi connectivity index (χ3v) is 2.73. The SMILES string of the molecule is CCc1cc(C)ccc1-c1ccccc1. The highest BCUT2D eigenvalue weighted by Crippen LogP contribution is 2.24. The van der Waals surface area contributed by atoms with Gasteiger partial charge in [0.1, 0.15) is 0 Å². The monoisotopic (exact) mass is 196 g/mol. The molecule has 0 aliphatic rings. The first kappa shape index (κ1) is 9.97. The molecule has 0 heteroatoms. The van der Waals surface area contributed by atoms with Crippen LogP contribution in [0.5, 0.6) is 0 Å². The zero-order valence-corrected chi connectivity index (χ0v) is 9.33. The molecule has 0 fully saturated rings. The van der Waals surface area contributed by atoms with E-state index in [-0.39, 0.29) is 0 Å². The first-order chi connectivity index (χ1) is 7.31. The van der Waals surface area contributed by atoms with Gasteiger partial charge in [0.2, 0.25) is 0 Å². The molecule has 0 saturated heterocycles. The van der Waals surface area contributed by atoms with Gasteiger partial charge in [0.05, 0.1) is 0 Å². The fraction of sp³-hybridized carbons (Fsp3) is 0.200. The molecule has 0 heterocycles. The minimum Gasteiger partial charge on any atom is -0.0622 e. The molecule has 2 aromatic carbocycles. The van der Waals surface area contributed by atoms with Crippen LogP contribution in [0, 0.1) is 6.92 Å². The summed E-state index contributed by atoms with van der Waals surface area (Å²) in [7, 11) is 0. The van der Waals surface area contributed by atoms with Crippen LogP contribution in [-0.4, -0.2) is 0 Å². The highest BCUT2D eigenvalue weighted by Gasteiger charge is 2.02. The number of benzene rings is 2. The first-order valence-corrected chi connectivity index (χ1v) is 5.46. The molecular weight excluding hydrogens is 180 g/mol. The van der Waals surface area contributed by atoms with E-state index in [1.54, 1.807) is 0 Å². The molecule has 0 saturated carbocycles. The third kappa shape index (κ3) is 2.10. The Hall–Kier alpha value is -1.56. The third-order valence-electron chi connectivity index (χ3n) is 2.73. The summed E-state index contributed by atoms with van der Waals surface area (Å²) in [5.41, 5.74) is 5.45. The van der Waals surface area contributed by atoms with E-state index in [1.165, 1.54) is 22.3 Å². The Kier molecular flexibility index (Phi) is 2.86. The molecule has 0 bridgehead atoms. The van der Waals surface area contributed by atoms with Crippen LogP contribution in [0.2, 0.25) is 0 Å². The van der Waals surface area contributed by atoms with Crippen molar-refractivity contribution in [2.75, 3.05) is 0 Å². The van der Waals surface area contributed by atoms with Crippen molar-refractivity contribution in [2.24, 2.45) is 0 Å². The summed E-state index contributed by atoms with van der Waals surface area (Å²) < 4.78 is 0. The highest BCUT2D eigenvalue weighted by molar-refractivity contribution is 5.67. The van der Waals surface area contributed by atoms with E-state index in [0.29, 0.717) is 0 Å². The number of rotatable bonds is 2. The molecule has 0 aliphatic carbocycles. The van der Waals surface area contributed by atoms with Gasteiger partial charge in [0.25, 0.3) is 0 Å². The Bertz CT molecular complexity index is 441. The van der Waals surface area contributed by atoms with E-state index in [0.717, 1.165) is 6.42 Å². The van der Waals surface area contributed by atoms with Crippen LogP contribution >= 0.6 is 0 Å². The Labute approximate surface area is 91.6 Å². The molecule has 2 aromatic rings. The summed E-state index contributed by atoms with van der Waals surface area (Å²) in [5.74, 6) is 0. The predicted molar refractivity (Wildman–Crippen MR) is 66.0 cm³/mol. The topological polar surface area (TPSA) is 0 Å². The summed E-state index contributed by atoms with van der Waals surface area (Å²) in [6.07, 6.45) is 1.09. The Morgan fingerprint density at radius 3 is 2.33 bits per heavy atom. The maximum atomic E-state index is 2.28. The van der Waals surface area contributed by atoms with Crippen LogP contribution in [0.15, 0.2) is 48.5 Å². The van der Waals surface area contributed by atoms with Gasteiger partial charge in [-0.25, -0.2) is 0 Å². The van der Waals surface area contributed by atoms with E-state index in [9.17, 15) is 0 Å². The molecular formula is C15H16. The van der Waals surface area contributed by atoms with Gasteiger partial charge in [0.15, 0.2) is 0 Å². The molecule has 15 heavy (non-hydrogen) atoms. The van der Waals surface area contributed by atoms with Crippen LogP contribution in [0.3, 0.4) is 0 Å². The second-order valence-corrected chi connectivity index (χ2v) is 3.88. The van der Waals surface area contributed by atoms with Gasteiger partial charge in [-0.05, 0) is 30.0 Å². The summed E-state index contributed by atoms with van der Waals surface area (Å²) >= 11 is 0. The van der Waals surface area contributed by atoms with Crippen LogP contribution in [0.4, 0.5) is 0 Å². The average Bonchev–Trinajstić information content (AvgIpc) is 2.30.